The summed E-state index contributed by atoms with van der Waals surface area (Å²) in [6.07, 6.45) is 10.3. The van der Waals surface area contributed by atoms with Crippen molar-refractivity contribution in [2.24, 2.45) is 0 Å². The third kappa shape index (κ3) is 2.39. The first-order valence-electron chi connectivity index (χ1n) is 7.37. The fourth-order valence-corrected chi connectivity index (χ4v) is 6.59. The molecule has 0 amide bonds. The molecule has 3 aliphatic rings. The van der Waals surface area contributed by atoms with Gasteiger partial charge < -0.3 is 0 Å². The summed E-state index contributed by atoms with van der Waals surface area (Å²) in [5, 5.41) is 0. The molecular weight excluding hydrogens is 431 g/mol. The molecule has 0 bridgehead atoms. The number of nitrogens with zero attached hydrogens (tertiary/aromatic N) is 4. The molecule has 0 spiro atoms. The van der Waals surface area contributed by atoms with Gasteiger partial charge in [-0.05, 0) is 0 Å². The number of hydrogen-bond donors (Lipinski definition) is 0. The monoisotopic (exact) mass is 455 g/mol. The zero-order chi connectivity index (χ0) is 14.3. The summed E-state index contributed by atoms with van der Waals surface area (Å²) in [6, 6.07) is 1.09. The number of hydrogen-bond acceptors (Lipinski definition) is 4. The Morgan fingerprint density at radius 2 is 1.25 bits per heavy atom. The standard InChI is InChI=1S/C15H24N4.Pt/c1-14(2)18-10-8-16(12-18)6-5-7-17-9-11-19(13-17)15(3)4;/h8-11,14-15H,5-7H2,1-4H3;. The molecule has 0 radical (unpaired) electrons. The van der Waals surface area contributed by atoms with Gasteiger partial charge in [0.25, 0.3) is 0 Å². The third-order valence-electron chi connectivity index (χ3n) is 3.70. The molecule has 3 rings (SSSR count). The van der Waals surface area contributed by atoms with Crippen molar-refractivity contribution >= 4 is 8.29 Å². The molecule has 0 saturated heterocycles. The van der Waals surface area contributed by atoms with E-state index in [1.807, 2.05) is 0 Å². The van der Waals surface area contributed by atoms with Crippen LogP contribution in [-0.2, 0) is 17.6 Å². The van der Waals surface area contributed by atoms with E-state index in [1.54, 1.807) is 0 Å². The molecule has 0 aliphatic carbocycles. The second kappa shape index (κ2) is 5.48. The van der Waals surface area contributed by atoms with E-state index in [0.717, 1.165) is 13.1 Å². The Bertz CT molecular complexity index is 472. The Kier molecular flexibility index (Phi) is 3.85. The molecule has 0 atom stereocenters. The van der Waals surface area contributed by atoms with E-state index >= 15 is 0 Å². The second-order valence-corrected chi connectivity index (χ2v) is 8.50. The van der Waals surface area contributed by atoms with Gasteiger partial charge in [0.1, 0.15) is 0 Å². The van der Waals surface area contributed by atoms with E-state index in [0.29, 0.717) is 12.1 Å². The SMILES string of the molecule is CC(C)N1C=CN2CCCN3C=CN(C(C)C)[C]3=[Pt]=[C]21. The summed E-state index contributed by atoms with van der Waals surface area (Å²) in [6.45, 7) is 11.4. The van der Waals surface area contributed by atoms with Crippen LogP contribution in [0.4, 0.5) is 0 Å². The number of fused-ring (bicyclic) bond motifs is 2. The van der Waals surface area contributed by atoms with Crippen molar-refractivity contribution in [3.63, 3.8) is 0 Å². The topological polar surface area (TPSA) is 13.0 Å². The van der Waals surface area contributed by atoms with E-state index in [4.69, 9.17) is 0 Å². The summed E-state index contributed by atoms with van der Waals surface area (Å²) < 4.78 is 3.07. The molecule has 20 heavy (non-hydrogen) atoms. The van der Waals surface area contributed by atoms with Crippen molar-refractivity contribution in [2.75, 3.05) is 13.1 Å². The normalized spacial score (nSPS) is 22.5. The van der Waals surface area contributed by atoms with E-state index in [9.17, 15) is 0 Å². The molecule has 3 aliphatic heterocycles. The predicted octanol–water partition coefficient (Wildman–Crippen LogP) is 1.64. The quantitative estimate of drug-likeness (QED) is 0.628. The van der Waals surface area contributed by atoms with Crippen LogP contribution < -0.4 is 0 Å². The molecule has 0 fully saturated rings. The Balaban J connectivity index is 2.07. The Labute approximate surface area is 129 Å². The van der Waals surface area contributed by atoms with E-state index in [-0.39, 0.29) is 17.6 Å². The molecular formula is C15H24N4Pt. The van der Waals surface area contributed by atoms with Crippen LogP contribution in [0.3, 0.4) is 0 Å². The Hall–Kier alpha value is -0.892. The Morgan fingerprint density at radius 3 is 1.65 bits per heavy atom. The van der Waals surface area contributed by atoms with Crippen molar-refractivity contribution in [2.45, 2.75) is 46.2 Å². The van der Waals surface area contributed by atoms with Gasteiger partial charge in [-0.2, -0.15) is 0 Å². The van der Waals surface area contributed by atoms with Crippen LogP contribution >= 0.6 is 0 Å². The molecule has 5 heteroatoms. The van der Waals surface area contributed by atoms with E-state index in [1.165, 1.54) is 14.7 Å². The molecule has 0 N–H and O–H groups in total. The first-order valence-corrected chi connectivity index (χ1v) is 9.64. The average molecular weight is 455 g/mol. The molecule has 3 heterocycles. The second-order valence-electron chi connectivity index (χ2n) is 5.90. The van der Waals surface area contributed by atoms with Gasteiger partial charge in [0.15, 0.2) is 0 Å². The van der Waals surface area contributed by atoms with E-state index in [2.05, 4.69) is 72.1 Å². The van der Waals surface area contributed by atoms with Gasteiger partial charge in [0, 0.05) is 0 Å². The zero-order valence-electron chi connectivity index (χ0n) is 12.7. The molecule has 0 unspecified atom stereocenters. The molecule has 4 nitrogen and oxygen atoms in total. The van der Waals surface area contributed by atoms with Crippen LogP contribution in [0.5, 0.6) is 0 Å². The van der Waals surface area contributed by atoms with E-state index < -0.39 is 0 Å². The fraction of sp³-hybridized carbons (Fsp3) is 0.600. The van der Waals surface area contributed by atoms with Gasteiger partial charge in [-0.1, -0.05) is 0 Å². The van der Waals surface area contributed by atoms with Crippen LogP contribution in [0.15, 0.2) is 24.8 Å². The predicted molar refractivity (Wildman–Crippen MR) is 80.3 cm³/mol. The minimum atomic E-state index is -0.165. The zero-order valence-corrected chi connectivity index (χ0v) is 15.0. The summed E-state index contributed by atoms with van der Waals surface area (Å²) in [7, 11) is 0. The van der Waals surface area contributed by atoms with Crippen LogP contribution in [0.1, 0.15) is 34.1 Å². The average Bonchev–Trinajstić information content (AvgIpc) is 2.92. The van der Waals surface area contributed by atoms with Crippen molar-refractivity contribution in [1.29, 1.82) is 0 Å². The van der Waals surface area contributed by atoms with Crippen molar-refractivity contribution < 1.29 is 17.6 Å². The first-order chi connectivity index (χ1) is 9.58. The first kappa shape index (κ1) is 14.1. The van der Waals surface area contributed by atoms with Crippen molar-refractivity contribution in [3.8, 4) is 0 Å². The van der Waals surface area contributed by atoms with Gasteiger partial charge in [0.05, 0.1) is 0 Å². The molecule has 0 aromatic heterocycles. The fourth-order valence-electron chi connectivity index (χ4n) is 2.53. The van der Waals surface area contributed by atoms with Gasteiger partial charge in [0.2, 0.25) is 0 Å². The van der Waals surface area contributed by atoms with Crippen molar-refractivity contribution in [1.82, 2.24) is 19.6 Å². The van der Waals surface area contributed by atoms with Crippen LogP contribution in [0.25, 0.3) is 0 Å². The van der Waals surface area contributed by atoms with Gasteiger partial charge >= 0.3 is 130 Å². The maximum absolute atomic E-state index is 2.48. The maximum atomic E-state index is 2.48. The van der Waals surface area contributed by atoms with Crippen LogP contribution in [0, 0.1) is 0 Å². The third-order valence-corrected chi connectivity index (χ3v) is 7.19. The van der Waals surface area contributed by atoms with Gasteiger partial charge in [-0.15, -0.1) is 0 Å². The summed E-state index contributed by atoms with van der Waals surface area (Å²) >= 11 is -0.165. The van der Waals surface area contributed by atoms with Gasteiger partial charge in [-0.25, -0.2) is 0 Å². The summed E-state index contributed by atoms with van der Waals surface area (Å²) in [4.78, 5) is 9.88. The Morgan fingerprint density at radius 1 is 0.800 bits per heavy atom. The van der Waals surface area contributed by atoms with Gasteiger partial charge in [-0.3, -0.25) is 0 Å². The summed E-state index contributed by atoms with van der Waals surface area (Å²) in [5.41, 5.74) is 0. The molecule has 0 aromatic rings. The molecule has 114 valence electrons. The summed E-state index contributed by atoms with van der Waals surface area (Å²) in [5.74, 6) is 0. The minimum absolute atomic E-state index is 0.165. The van der Waals surface area contributed by atoms with Crippen molar-refractivity contribution in [3.05, 3.63) is 24.8 Å². The molecule has 0 aromatic carbocycles. The van der Waals surface area contributed by atoms with Crippen LogP contribution in [-0.4, -0.2) is 53.1 Å². The van der Waals surface area contributed by atoms with Crippen LogP contribution in [0.2, 0.25) is 0 Å². The number of rotatable bonds is 2. The molecule has 0 saturated carbocycles.